The summed E-state index contributed by atoms with van der Waals surface area (Å²) in [5.74, 6) is 0.321. The van der Waals surface area contributed by atoms with Crippen LogP contribution in [0.15, 0.2) is 0 Å². The summed E-state index contributed by atoms with van der Waals surface area (Å²) in [6.07, 6.45) is 7.23. The molecule has 1 amide bonds. The molecule has 18 heavy (non-hydrogen) atoms. The summed E-state index contributed by atoms with van der Waals surface area (Å²) in [6.45, 7) is 4.33. The molecule has 3 rings (SSSR count). The predicted molar refractivity (Wildman–Crippen MR) is 69.3 cm³/mol. The van der Waals surface area contributed by atoms with Gasteiger partial charge in [-0.1, -0.05) is 12.8 Å². The molecule has 0 aromatic heterocycles. The highest BCUT2D eigenvalue weighted by atomic mass is 16.5. The van der Waals surface area contributed by atoms with Crippen molar-refractivity contribution in [3.63, 3.8) is 0 Å². The number of carbonyl (C=O) groups is 1. The van der Waals surface area contributed by atoms with Crippen LogP contribution in [0.4, 0.5) is 0 Å². The summed E-state index contributed by atoms with van der Waals surface area (Å²) >= 11 is 0. The van der Waals surface area contributed by atoms with Crippen molar-refractivity contribution < 1.29 is 9.53 Å². The number of ether oxygens (including phenoxy) is 1. The van der Waals surface area contributed by atoms with Gasteiger partial charge in [0.25, 0.3) is 0 Å². The van der Waals surface area contributed by atoms with Crippen LogP contribution >= 0.6 is 0 Å². The molecule has 1 atom stereocenters. The van der Waals surface area contributed by atoms with Gasteiger partial charge in [0, 0.05) is 32.1 Å². The van der Waals surface area contributed by atoms with E-state index in [1.54, 1.807) is 0 Å². The standard InChI is InChI=1S/C14H24N2O2/c17-13(9-12-10-18-8-6-15-12)16-7-5-14(11-16)3-1-2-4-14/h12,15H,1-11H2. The Hall–Kier alpha value is -0.610. The molecule has 0 aromatic carbocycles. The van der Waals surface area contributed by atoms with E-state index in [2.05, 4.69) is 10.2 Å². The molecule has 1 spiro atoms. The minimum atomic E-state index is 0.228. The van der Waals surface area contributed by atoms with E-state index in [1.165, 1.54) is 32.1 Å². The largest absolute Gasteiger partial charge is 0.378 e. The van der Waals surface area contributed by atoms with Gasteiger partial charge in [-0.05, 0) is 24.7 Å². The quantitative estimate of drug-likeness (QED) is 0.802. The van der Waals surface area contributed by atoms with Gasteiger partial charge < -0.3 is 15.0 Å². The first-order valence-corrected chi connectivity index (χ1v) is 7.36. The molecule has 2 saturated heterocycles. The highest BCUT2D eigenvalue weighted by Gasteiger charge is 2.41. The highest BCUT2D eigenvalue weighted by molar-refractivity contribution is 5.77. The number of hydrogen-bond donors (Lipinski definition) is 1. The number of carbonyl (C=O) groups excluding carboxylic acids is 1. The van der Waals surface area contributed by atoms with Crippen LogP contribution in [-0.2, 0) is 9.53 Å². The fourth-order valence-electron chi connectivity index (χ4n) is 3.77. The lowest BCUT2D eigenvalue weighted by atomic mass is 9.86. The maximum Gasteiger partial charge on any atom is 0.224 e. The number of hydrogen-bond acceptors (Lipinski definition) is 3. The van der Waals surface area contributed by atoms with Crippen LogP contribution in [0.3, 0.4) is 0 Å². The fourth-order valence-corrected chi connectivity index (χ4v) is 3.77. The number of likely N-dealkylation sites (tertiary alicyclic amines) is 1. The smallest absolute Gasteiger partial charge is 0.224 e. The lowest BCUT2D eigenvalue weighted by Gasteiger charge is -2.27. The van der Waals surface area contributed by atoms with Crippen molar-refractivity contribution >= 4 is 5.91 Å². The van der Waals surface area contributed by atoms with Crippen LogP contribution in [0.1, 0.15) is 38.5 Å². The molecular weight excluding hydrogens is 228 g/mol. The zero-order chi connectivity index (χ0) is 12.4. The predicted octanol–water partition coefficient (Wildman–Crippen LogP) is 1.16. The van der Waals surface area contributed by atoms with E-state index in [9.17, 15) is 4.79 Å². The Labute approximate surface area is 109 Å². The molecule has 1 N–H and O–H groups in total. The molecule has 1 unspecified atom stereocenters. The van der Waals surface area contributed by atoms with Crippen LogP contribution in [0.2, 0.25) is 0 Å². The van der Waals surface area contributed by atoms with Crippen molar-refractivity contribution in [2.45, 2.75) is 44.6 Å². The van der Waals surface area contributed by atoms with E-state index >= 15 is 0 Å². The van der Waals surface area contributed by atoms with Gasteiger partial charge >= 0.3 is 0 Å². The van der Waals surface area contributed by atoms with Crippen LogP contribution in [0.25, 0.3) is 0 Å². The first kappa shape index (κ1) is 12.4. The molecule has 2 heterocycles. The number of nitrogens with one attached hydrogen (secondary N) is 1. The third-order valence-corrected chi connectivity index (χ3v) is 4.87. The number of morpholine rings is 1. The van der Waals surface area contributed by atoms with E-state index in [0.717, 1.165) is 26.2 Å². The topological polar surface area (TPSA) is 41.6 Å². The van der Waals surface area contributed by atoms with Gasteiger partial charge in [-0.25, -0.2) is 0 Å². The van der Waals surface area contributed by atoms with Crippen molar-refractivity contribution in [1.82, 2.24) is 10.2 Å². The average Bonchev–Trinajstić information content (AvgIpc) is 3.02. The molecule has 0 radical (unpaired) electrons. The molecule has 3 fully saturated rings. The monoisotopic (exact) mass is 252 g/mol. The van der Waals surface area contributed by atoms with Crippen LogP contribution in [0.5, 0.6) is 0 Å². The van der Waals surface area contributed by atoms with Crippen LogP contribution in [0, 0.1) is 5.41 Å². The third kappa shape index (κ3) is 2.54. The van der Waals surface area contributed by atoms with Gasteiger partial charge in [0.05, 0.1) is 13.2 Å². The van der Waals surface area contributed by atoms with Crippen molar-refractivity contribution in [2.24, 2.45) is 5.41 Å². The summed E-state index contributed by atoms with van der Waals surface area (Å²) in [4.78, 5) is 14.4. The Kier molecular flexibility index (Phi) is 3.57. The van der Waals surface area contributed by atoms with Gasteiger partial charge in [-0.2, -0.15) is 0 Å². The van der Waals surface area contributed by atoms with Crippen molar-refractivity contribution in [2.75, 3.05) is 32.8 Å². The van der Waals surface area contributed by atoms with Crippen molar-refractivity contribution in [3.05, 3.63) is 0 Å². The summed E-state index contributed by atoms with van der Waals surface area (Å²) in [5, 5.41) is 3.36. The molecule has 4 nitrogen and oxygen atoms in total. The lowest BCUT2D eigenvalue weighted by Crippen LogP contribution is -2.45. The van der Waals surface area contributed by atoms with Crippen LogP contribution in [-0.4, -0.2) is 49.7 Å². The van der Waals surface area contributed by atoms with Crippen molar-refractivity contribution in [1.29, 1.82) is 0 Å². The number of amides is 1. The van der Waals surface area contributed by atoms with Crippen molar-refractivity contribution in [3.8, 4) is 0 Å². The summed E-state index contributed by atoms with van der Waals surface area (Å²) < 4.78 is 5.41. The van der Waals surface area contributed by atoms with Gasteiger partial charge in [-0.15, -0.1) is 0 Å². The second kappa shape index (κ2) is 5.17. The second-order valence-electron chi connectivity index (χ2n) is 6.20. The molecule has 3 aliphatic rings. The average molecular weight is 252 g/mol. The fraction of sp³-hybridized carbons (Fsp3) is 0.929. The molecule has 4 heteroatoms. The lowest BCUT2D eigenvalue weighted by molar-refractivity contribution is -0.131. The summed E-state index contributed by atoms with van der Waals surface area (Å²) in [5.41, 5.74) is 0.492. The van der Waals surface area contributed by atoms with Gasteiger partial charge in [0.1, 0.15) is 0 Å². The zero-order valence-electron chi connectivity index (χ0n) is 11.1. The maximum atomic E-state index is 12.3. The molecule has 102 valence electrons. The Morgan fingerprint density at radius 3 is 2.89 bits per heavy atom. The third-order valence-electron chi connectivity index (χ3n) is 4.87. The van der Waals surface area contributed by atoms with E-state index in [0.29, 0.717) is 24.3 Å². The number of nitrogens with zero attached hydrogens (tertiary/aromatic N) is 1. The van der Waals surface area contributed by atoms with Gasteiger partial charge in [0.2, 0.25) is 5.91 Å². The SMILES string of the molecule is O=C(CC1COCCN1)N1CCC2(CCCC2)C1. The Balaban J connectivity index is 1.50. The first-order chi connectivity index (χ1) is 8.77. The molecule has 0 bridgehead atoms. The molecule has 2 aliphatic heterocycles. The minimum absolute atomic E-state index is 0.228. The first-order valence-electron chi connectivity index (χ1n) is 7.36. The molecular formula is C14H24N2O2. The summed E-state index contributed by atoms with van der Waals surface area (Å²) in [6, 6.07) is 0.228. The van der Waals surface area contributed by atoms with E-state index in [-0.39, 0.29) is 6.04 Å². The summed E-state index contributed by atoms with van der Waals surface area (Å²) in [7, 11) is 0. The Bertz CT molecular complexity index is 307. The highest BCUT2D eigenvalue weighted by Crippen LogP contribution is 2.45. The van der Waals surface area contributed by atoms with E-state index in [1.807, 2.05) is 0 Å². The second-order valence-corrected chi connectivity index (χ2v) is 6.20. The normalized spacial score (nSPS) is 31.1. The van der Waals surface area contributed by atoms with E-state index < -0.39 is 0 Å². The number of rotatable bonds is 2. The zero-order valence-corrected chi connectivity index (χ0v) is 11.1. The maximum absolute atomic E-state index is 12.3. The Morgan fingerprint density at radius 2 is 2.17 bits per heavy atom. The minimum Gasteiger partial charge on any atom is -0.378 e. The molecule has 0 aromatic rings. The van der Waals surface area contributed by atoms with E-state index in [4.69, 9.17) is 4.74 Å². The van der Waals surface area contributed by atoms with Gasteiger partial charge in [-0.3, -0.25) is 4.79 Å². The molecule has 1 saturated carbocycles. The molecule has 1 aliphatic carbocycles. The Morgan fingerprint density at radius 1 is 1.33 bits per heavy atom. The van der Waals surface area contributed by atoms with Gasteiger partial charge in [0.15, 0.2) is 0 Å². The van der Waals surface area contributed by atoms with Crippen LogP contribution < -0.4 is 5.32 Å².